The van der Waals surface area contributed by atoms with Crippen LogP contribution in [-0.2, 0) is 6.54 Å². The number of amides is 1. The minimum Gasteiger partial charge on any atom is -0.496 e. The zero-order valence-corrected chi connectivity index (χ0v) is 16.2. The zero-order valence-electron chi connectivity index (χ0n) is 15.4. The number of aromatic nitrogens is 1. The zero-order chi connectivity index (χ0) is 20.5. The van der Waals surface area contributed by atoms with E-state index in [4.69, 9.17) is 16.3 Å². The van der Waals surface area contributed by atoms with Crippen molar-refractivity contribution in [3.8, 4) is 5.75 Å². The van der Waals surface area contributed by atoms with Crippen LogP contribution in [0.25, 0.3) is 5.57 Å². The number of pyridine rings is 1. The molecule has 0 aliphatic heterocycles. The third-order valence-corrected chi connectivity index (χ3v) is 4.03. The molecule has 2 rings (SSSR count). The lowest BCUT2D eigenvalue weighted by molar-refractivity contribution is 0.0945. The minimum absolute atomic E-state index is 0.153. The lowest BCUT2D eigenvalue weighted by Crippen LogP contribution is -2.24. The Bertz CT molecular complexity index is 829. The number of alkyl halides is 2. The highest BCUT2D eigenvalue weighted by Crippen LogP contribution is 2.25. The van der Waals surface area contributed by atoms with Gasteiger partial charge in [0.05, 0.1) is 7.11 Å². The van der Waals surface area contributed by atoms with Crippen LogP contribution in [0.15, 0.2) is 42.7 Å². The van der Waals surface area contributed by atoms with Crippen molar-refractivity contribution in [1.82, 2.24) is 20.9 Å². The molecule has 6 nitrogen and oxygen atoms in total. The molecule has 0 aliphatic carbocycles. The average molecular weight is 411 g/mol. The molecule has 0 spiro atoms. The van der Waals surface area contributed by atoms with Crippen LogP contribution in [0.2, 0.25) is 5.02 Å². The van der Waals surface area contributed by atoms with Crippen LogP contribution in [0, 0.1) is 0 Å². The summed E-state index contributed by atoms with van der Waals surface area (Å²) in [5.41, 5.74) is 2.05. The Hall–Kier alpha value is -2.71. The topological polar surface area (TPSA) is 75.3 Å². The molecule has 3 N–H and O–H groups in total. The van der Waals surface area contributed by atoms with Gasteiger partial charge < -0.3 is 20.7 Å². The van der Waals surface area contributed by atoms with Crippen molar-refractivity contribution in [1.29, 1.82) is 0 Å². The van der Waals surface area contributed by atoms with Crippen molar-refractivity contribution in [2.75, 3.05) is 20.7 Å². The van der Waals surface area contributed by atoms with Crippen molar-refractivity contribution in [3.05, 3.63) is 64.6 Å². The molecular weight excluding hydrogens is 390 g/mol. The van der Waals surface area contributed by atoms with Gasteiger partial charge >= 0.3 is 6.55 Å². The highest BCUT2D eigenvalue weighted by Gasteiger charge is 2.15. The monoisotopic (exact) mass is 410 g/mol. The Kier molecular flexibility index (Phi) is 8.16. The first kappa shape index (κ1) is 21.6. The van der Waals surface area contributed by atoms with Gasteiger partial charge in [-0.05, 0) is 30.3 Å². The Balaban J connectivity index is 2.17. The maximum Gasteiger partial charge on any atom is 0.312 e. The van der Waals surface area contributed by atoms with E-state index in [9.17, 15) is 13.6 Å². The Morgan fingerprint density at radius 1 is 1.32 bits per heavy atom. The number of hydrogen-bond acceptors (Lipinski definition) is 5. The van der Waals surface area contributed by atoms with Crippen molar-refractivity contribution in [2.24, 2.45) is 0 Å². The molecule has 28 heavy (non-hydrogen) atoms. The molecule has 1 aromatic heterocycles. The van der Waals surface area contributed by atoms with E-state index in [1.807, 2.05) is 17.4 Å². The molecule has 1 aromatic carbocycles. The fourth-order valence-corrected chi connectivity index (χ4v) is 2.55. The van der Waals surface area contributed by atoms with Crippen molar-refractivity contribution in [3.63, 3.8) is 0 Å². The second kappa shape index (κ2) is 10.6. The number of nitrogens with one attached hydrogen (secondary N) is 3. The van der Waals surface area contributed by atoms with Crippen LogP contribution in [0.1, 0.15) is 21.6 Å². The van der Waals surface area contributed by atoms with Gasteiger partial charge in [0.25, 0.3) is 5.91 Å². The fourth-order valence-electron chi connectivity index (χ4n) is 2.42. The first-order chi connectivity index (χ1) is 13.4. The molecule has 0 unspecified atom stereocenters. The number of ether oxygens (including phenoxy) is 1. The van der Waals surface area contributed by atoms with E-state index < -0.39 is 6.55 Å². The second-order valence-corrected chi connectivity index (χ2v) is 6.18. The minimum atomic E-state index is -2.69. The Labute approximate surface area is 166 Å². The van der Waals surface area contributed by atoms with Gasteiger partial charge in [-0.25, -0.2) is 0 Å². The summed E-state index contributed by atoms with van der Waals surface area (Å²) >= 11 is 5.84. The SMILES string of the molecule is CNC/C(=C\NC(F)F)c1cnc(C(=O)NCc2ccc(Cl)cc2)cc1OC. The molecule has 0 saturated heterocycles. The van der Waals surface area contributed by atoms with Gasteiger partial charge in [0.2, 0.25) is 0 Å². The first-order valence-corrected chi connectivity index (χ1v) is 8.77. The van der Waals surface area contributed by atoms with Crippen LogP contribution in [0.5, 0.6) is 5.75 Å². The molecule has 150 valence electrons. The molecule has 2 aromatic rings. The summed E-state index contributed by atoms with van der Waals surface area (Å²) < 4.78 is 30.3. The molecule has 1 amide bonds. The standard InChI is InChI=1S/C19H21ClF2N4O2/c1-23-9-13(10-26-19(21)22)15-11-24-16(7-17(15)28-2)18(27)25-8-12-3-5-14(20)6-4-12/h3-7,10-11,19,23,26H,8-9H2,1-2H3,(H,25,27)/b13-10+. The third kappa shape index (κ3) is 6.17. The summed E-state index contributed by atoms with van der Waals surface area (Å²) in [4.78, 5) is 16.5. The number of halogens is 3. The largest absolute Gasteiger partial charge is 0.496 e. The van der Waals surface area contributed by atoms with Crippen LogP contribution in [-0.4, -0.2) is 38.1 Å². The van der Waals surface area contributed by atoms with Crippen LogP contribution < -0.4 is 20.7 Å². The van der Waals surface area contributed by atoms with Gasteiger partial charge in [-0.2, -0.15) is 8.78 Å². The summed E-state index contributed by atoms with van der Waals surface area (Å²) in [5.74, 6) is -0.0335. The van der Waals surface area contributed by atoms with Gasteiger partial charge in [-0.3, -0.25) is 9.78 Å². The maximum atomic E-state index is 12.5. The van der Waals surface area contributed by atoms with Gasteiger partial charge in [0.1, 0.15) is 11.4 Å². The molecule has 9 heteroatoms. The summed E-state index contributed by atoms with van der Waals surface area (Å²) in [7, 11) is 3.13. The summed E-state index contributed by atoms with van der Waals surface area (Å²) in [6.07, 6.45) is 2.62. The normalized spacial score (nSPS) is 11.4. The third-order valence-electron chi connectivity index (χ3n) is 3.78. The lowest BCUT2D eigenvalue weighted by atomic mass is 10.1. The Morgan fingerprint density at radius 3 is 2.64 bits per heavy atom. The predicted molar refractivity (Wildman–Crippen MR) is 104 cm³/mol. The van der Waals surface area contributed by atoms with Gasteiger partial charge in [0, 0.05) is 42.1 Å². The van der Waals surface area contributed by atoms with Crippen LogP contribution >= 0.6 is 11.6 Å². The number of hydrogen-bond donors (Lipinski definition) is 3. The quantitative estimate of drug-likeness (QED) is 0.554. The van der Waals surface area contributed by atoms with Crippen molar-refractivity contribution < 1.29 is 18.3 Å². The smallest absolute Gasteiger partial charge is 0.312 e. The molecule has 0 fully saturated rings. The molecule has 0 radical (unpaired) electrons. The van der Waals surface area contributed by atoms with Crippen molar-refractivity contribution >= 4 is 23.1 Å². The van der Waals surface area contributed by atoms with E-state index in [0.29, 0.717) is 35.0 Å². The van der Waals surface area contributed by atoms with Gasteiger partial charge in [-0.1, -0.05) is 23.7 Å². The summed E-state index contributed by atoms with van der Waals surface area (Å²) in [6, 6.07) is 8.57. The van der Waals surface area contributed by atoms with Crippen LogP contribution in [0.3, 0.4) is 0 Å². The first-order valence-electron chi connectivity index (χ1n) is 8.39. The fraction of sp³-hybridized carbons (Fsp3) is 0.263. The lowest BCUT2D eigenvalue weighted by Gasteiger charge is -2.14. The molecule has 0 saturated carbocycles. The van der Waals surface area contributed by atoms with E-state index in [-0.39, 0.29) is 11.6 Å². The van der Waals surface area contributed by atoms with Gasteiger partial charge in [-0.15, -0.1) is 0 Å². The number of nitrogens with zero attached hydrogens (tertiary/aromatic N) is 1. The molecule has 1 heterocycles. The molecule has 0 aliphatic rings. The highest BCUT2D eigenvalue weighted by molar-refractivity contribution is 6.30. The second-order valence-electron chi connectivity index (χ2n) is 5.75. The molecule has 0 atom stereocenters. The number of methoxy groups -OCH3 is 1. The van der Waals surface area contributed by atoms with E-state index in [1.165, 1.54) is 25.6 Å². The number of rotatable bonds is 9. The van der Waals surface area contributed by atoms with E-state index in [2.05, 4.69) is 15.6 Å². The van der Waals surface area contributed by atoms with Gasteiger partial charge in [0.15, 0.2) is 0 Å². The predicted octanol–water partition coefficient (Wildman–Crippen LogP) is 3.05. The van der Waals surface area contributed by atoms with E-state index in [1.54, 1.807) is 19.2 Å². The number of carbonyl (C=O) groups excluding carboxylic acids is 1. The van der Waals surface area contributed by atoms with E-state index in [0.717, 1.165) is 5.56 Å². The highest BCUT2D eigenvalue weighted by atomic mass is 35.5. The summed E-state index contributed by atoms with van der Waals surface area (Å²) in [6.45, 7) is -2.08. The average Bonchev–Trinajstić information content (AvgIpc) is 2.70. The number of carbonyl (C=O) groups is 1. The number of benzene rings is 1. The number of likely N-dealkylation sites (N-methyl/N-ethyl adjacent to an activating group) is 1. The Morgan fingerprint density at radius 2 is 2.04 bits per heavy atom. The summed E-state index contributed by atoms with van der Waals surface area (Å²) in [5, 5.41) is 8.22. The van der Waals surface area contributed by atoms with E-state index >= 15 is 0 Å². The molecule has 0 bridgehead atoms. The molecular formula is C19H21ClF2N4O2. The van der Waals surface area contributed by atoms with Crippen LogP contribution in [0.4, 0.5) is 8.78 Å². The van der Waals surface area contributed by atoms with Crippen molar-refractivity contribution in [2.45, 2.75) is 13.1 Å². The maximum absolute atomic E-state index is 12.5.